The van der Waals surface area contributed by atoms with Crippen molar-refractivity contribution in [1.82, 2.24) is 10.6 Å². The number of imide groups is 1. The van der Waals surface area contributed by atoms with Gasteiger partial charge in [0.15, 0.2) is 0 Å². The van der Waals surface area contributed by atoms with E-state index in [9.17, 15) is 24.3 Å². The van der Waals surface area contributed by atoms with Crippen molar-refractivity contribution in [3.05, 3.63) is 31.2 Å². The maximum Gasteiger partial charge on any atom is 0.338 e. The highest BCUT2D eigenvalue weighted by Crippen LogP contribution is 2.41. The number of hydrogen-bond acceptors (Lipinski definition) is 4. The number of amides is 3. The Kier molecular flexibility index (Phi) is 5.59. The quantitative estimate of drug-likeness (QED) is 0.400. The highest BCUT2D eigenvalue weighted by atomic mass is 35.5. The fourth-order valence-electron chi connectivity index (χ4n) is 2.11. The average molecular weight is 414 g/mol. The van der Waals surface area contributed by atoms with Gasteiger partial charge in [0.2, 0.25) is 11.8 Å². The Hall–Kier alpha value is -1.54. The fourth-order valence-corrected chi connectivity index (χ4v) is 3.13. The standard InChI is InChI=1S/C13H8Cl4N2O5/c14-7-5(6(13(23)24)8(15)10(17)9(7)16)12(22)18-3-1-2-4(20)19-11(3)21/h3H,1-2H2,(H,18,22)(H,23,24)(H,19,20,21). The molecular weight excluding hydrogens is 406 g/mol. The largest absolute Gasteiger partial charge is 0.478 e. The Bertz CT molecular complexity index is 780. The fraction of sp³-hybridized carbons (Fsp3) is 0.231. The van der Waals surface area contributed by atoms with Crippen LogP contribution in [0.5, 0.6) is 0 Å². The van der Waals surface area contributed by atoms with Crippen molar-refractivity contribution in [2.45, 2.75) is 18.9 Å². The number of halogens is 4. The molecular formula is C13H8Cl4N2O5. The molecule has 3 N–H and O–H groups in total. The van der Waals surface area contributed by atoms with Crippen LogP contribution in [0.2, 0.25) is 20.1 Å². The lowest BCUT2D eigenvalue weighted by atomic mass is 10.0. The molecule has 1 fully saturated rings. The van der Waals surface area contributed by atoms with Crippen LogP contribution < -0.4 is 10.6 Å². The summed E-state index contributed by atoms with van der Waals surface area (Å²) in [6, 6.07) is -1.03. The third-order valence-corrected chi connectivity index (χ3v) is 5.05. The number of carboxylic acid groups (broad SMARTS) is 1. The molecule has 3 amide bonds. The van der Waals surface area contributed by atoms with Gasteiger partial charge in [-0.05, 0) is 6.42 Å². The molecule has 0 aromatic heterocycles. The second kappa shape index (κ2) is 7.14. The first-order valence-corrected chi connectivity index (χ1v) is 7.90. The first-order chi connectivity index (χ1) is 11.1. The van der Waals surface area contributed by atoms with E-state index in [4.69, 9.17) is 46.4 Å². The summed E-state index contributed by atoms with van der Waals surface area (Å²) in [4.78, 5) is 46.6. The Morgan fingerprint density at radius 3 is 2.04 bits per heavy atom. The number of benzene rings is 1. The predicted molar refractivity (Wildman–Crippen MR) is 87.1 cm³/mol. The molecule has 11 heteroatoms. The number of piperidine rings is 1. The van der Waals surface area contributed by atoms with Crippen LogP contribution in [0.3, 0.4) is 0 Å². The molecule has 1 aliphatic rings. The van der Waals surface area contributed by atoms with Gasteiger partial charge < -0.3 is 10.4 Å². The molecule has 2 rings (SSSR count). The maximum atomic E-state index is 12.4. The van der Waals surface area contributed by atoms with Crippen LogP contribution in [0.15, 0.2) is 0 Å². The topological polar surface area (TPSA) is 113 Å². The molecule has 0 aliphatic carbocycles. The predicted octanol–water partition coefficient (Wildman–Crippen LogP) is 2.53. The zero-order chi connectivity index (χ0) is 18.2. The summed E-state index contributed by atoms with van der Waals surface area (Å²) < 4.78 is 0. The second-order valence-electron chi connectivity index (χ2n) is 4.79. The van der Waals surface area contributed by atoms with Gasteiger partial charge in [0, 0.05) is 6.42 Å². The average Bonchev–Trinajstić information content (AvgIpc) is 2.50. The van der Waals surface area contributed by atoms with Crippen LogP contribution in [0, 0.1) is 0 Å². The van der Waals surface area contributed by atoms with Crippen LogP contribution in [0.4, 0.5) is 0 Å². The minimum Gasteiger partial charge on any atom is -0.478 e. The van der Waals surface area contributed by atoms with Crippen LogP contribution in [-0.4, -0.2) is 34.8 Å². The van der Waals surface area contributed by atoms with E-state index in [0.717, 1.165) is 0 Å². The molecule has 1 aromatic carbocycles. The van der Waals surface area contributed by atoms with Gasteiger partial charge in [-0.25, -0.2) is 4.79 Å². The van der Waals surface area contributed by atoms with Crippen LogP contribution in [-0.2, 0) is 9.59 Å². The highest BCUT2D eigenvalue weighted by molar-refractivity contribution is 6.54. The Morgan fingerprint density at radius 1 is 1.00 bits per heavy atom. The smallest absolute Gasteiger partial charge is 0.338 e. The van der Waals surface area contributed by atoms with E-state index in [1.807, 2.05) is 0 Å². The van der Waals surface area contributed by atoms with Gasteiger partial charge in [-0.2, -0.15) is 0 Å². The van der Waals surface area contributed by atoms with Crippen LogP contribution >= 0.6 is 46.4 Å². The van der Waals surface area contributed by atoms with Gasteiger partial charge in [-0.3, -0.25) is 19.7 Å². The van der Waals surface area contributed by atoms with Crippen molar-refractivity contribution in [2.75, 3.05) is 0 Å². The molecule has 128 valence electrons. The van der Waals surface area contributed by atoms with Crippen molar-refractivity contribution in [1.29, 1.82) is 0 Å². The number of hydrogen-bond donors (Lipinski definition) is 3. The molecule has 0 saturated carbocycles. The molecule has 1 unspecified atom stereocenters. The number of carbonyl (C=O) groups excluding carboxylic acids is 3. The third-order valence-electron chi connectivity index (χ3n) is 3.25. The van der Waals surface area contributed by atoms with E-state index in [1.54, 1.807) is 0 Å². The van der Waals surface area contributed by atoms with E-state index < -0.39 is 50.9 Å². The Labute approximate surface area is 155 Å². The van der Waals surface area contributed by atoms with Crippen molar-refractivity contribution < 1.29 is 24.3 Å². The summed E-state index contributed by atoms with van der Waals surface area (Å²) in [5.41, 5.74) is -1.16. The van der Waals surface area contributed by atoms with E-state index >= 15 is 0 Å². The minimum absolute atomic E-state index is 0.0261. The zero-order valence-corrected chi connectivity index (χ0v) is 14.6. The minimum atomic E-state index is -1.55. The van der Waals surface area contributed by atoms with Gasteiger partial charge in [-0.15, -0.1) is 0 Å². The molecule has 1 aliphatic heterocycles. The van der Waals surface area contributed by atoms with Gasteiger partial charge in [-0.1, -0.05) is 46.4 Å². The molecule has 1 aromatic rings. The second-order valence-corrected chi connectivity index (χ2v) is 6.30. The van der Waals surface area contributed by atoms with E-state index in [0.29, 0.717) is 0 Å². The summed E-state index contributed by atoms with van der Waals surface area (Å²) >= 11 is 23.4. The molecule has 24 heavy (non-hydrogen) atoms. The SMILES string of the molecule is O=C1CCC(NC(=O)c2c(Cl)c(Cl)c(Cl)c(Cl)c2C(=O)O)C(=O)N1. The van der Waals surface area contributed by atoms with Gasteiger partial charge in [0.05, 0.1) is 31.2 Å². The number of nitrogens with one attached hydrogen (secondary N) is 2. The van der Waals surface area contributed by atoms with E-state index in [1.165, 1.54) is 0 Å². The van der Waals surface area contributed by atoms with Gasteiger partial charge >= 0.3 is 5.97 Å². The normalized spacial score (nSPS) is 17.4. The summed E-state index contributed by atoms with van der Waals surface area (Å²) in [5, 5.41) is 12.2. The number of carboxylic acids is 1. The summed E-state index contributed by atoms with van der Waals surface area (Å²) in [5.74, 6) is -3.70. The Morgan fingerprint density at radius 2 is 1.54 bits per heavy atom. The lowest BCUT2D eigenvalue weighted by Crippen LogP contribution is -2.52. The first kappa shape index (κ1) is 18.8. The maximum absolute atomic E-state index is 12.4. The van der Waals surface area contributed by atoms with Crippen molar-refractivity contribution in [2.24, 2.45) is 0 Å². The number of carbonyl (C=O) groups is 4. The van der Waals surface area contributed by atoms with Crippen LogP contribution in [0.1, 0.15) is 33.6 Å². The summed E-state index contributed by atoms with van der Waals surface area (Å²) in [6.07, 6.45) is 0.0871. The molecule has 1 atom stereocenters. The van der Waals surface area contributed by atoms with Crippen molar-refractivity contribution in [3.8, 4) is 0 Å². The summed E-state index contributed by atoms with van der Waals surface area (Å²) in [6.45, 7) is 0. The van der Waals surface area contributed by atoms with E-state index in [-0.39, 0.29) is 22.9 Å². The van der Waals surface area contributed by atoms with Gasteiger partial charge in [0.1, 0.15) is 6.04 Å². The van der Waals surface area contributed by atoms with Crippen molar-refractivity contribution >= 4 is 70.1 Å². The van der Waals surface area contributed by atoms with Crippen molar-refractivity contribution in [3.63, 3.8) is 0 Å². The van der Waals surface area contributed by atoms with Crippen LogP contribution in [0.25, 0.3) is 0 Å². The third kappa shape index (κ3) is 3.44. The lowest BCUT2D eigenvalue weighted by molar-refractivity contribution is -0.134. The Balaban J connectivity index is 2.44. The highest BCUT2D eigenvalue weighted by Gasteiger charge is 2.33. The first-order valence-electron chi connectivity index (χ1n) is 6.39. The molecule has 0 bridgehead atoms. The lowest BCUT2D eigenvalue weighted by Gasteiger charge is -2.22. The molecule has 0 radical (unpaired) electrons. The number of aromatic carboxylic acids is 1. The number of rotatable bonds is 3. The molecule has 7 nitrogen and oxygen atoms in total. The summed E-state index contributed by atoms with van der Waals surface area (Å²) in [7, 11) is 0. The van der Waals surface area contributed by atoms with Gasteiger partial charge in [0.25, 0.3) is 5.91 Å². The molecule has 0 spiro atoms. The van der Waals surface area contributed by atoms with E-state index in [2.05, 4.69) is 10.6 Å². The monoisotopic (exact) mass is 412 g/mol. The zero-order valence-electron chi connectivity index (χ0n) is 11.6. The molecule has 1 saturated heterocycles. The molecule has 1 heterocycles.